The average molecular weight is 482 g/mol. The molecule has 2 atom stereocenters. The molecule has 2 N–H and O–H groups in total. The lowest BCUT2D eigenvalue weighted by Gasteiger charge is -2.15. The van der Waals surface area contributed by atoms with Crippen LogP contribution >= 0.6 is 23.4 Å². The van der Waals surface area contributed by atoms with Crippen LogP contribution in [0.1, 0.15) is 19.8 Å². The second-order valence-corrected chi connectivity index (χ2v) is 9.75. The number of nitrogens with one attached hydrogen (secondary N) is 2. The number of H-pyrrole nitrogens is 1. The second-order valence-electron chi connectivity index (χ2n) is 8.01. The third-order valence-electron chi connectivity index (χ3n) is 5.73. The van der Waals surface area contributed by atoms with Crippen LogP contribution in [0.4, 0.5) is 0 Å². The molecule has 2 aromatic heterocycles. The Balaban J connectivity index is 1.46. The van der Waals surface area contributed by atoms with Crippen LogP contribution in [0.3, 0.4) is 0 Å². The van der Waals surface area contributed by atoms with Gasteiger partial charge in [0, 0.05) is 46.5 Å². The van der Waals surface area contributed by atoms with Crippen molar-refractivity contribution in [2.45, 2.75) is 36.3 Å². The molecule has 0 saturated carbocycles. The minimum atomic E-state index is -0.350. The summed E-state index contributed by atoms with van der Waals surface area (Å²) in [6, 6.07) is 15.6. The number of rotatable bonds is 7. The number of aromatic nitrogens is 4. The van der Waals surface area contributed by atoms with Gasteiger partial charge in [-0.1, -0.05) is 41.6 Å². The van der Waals surface area contributed by atoms with E-state index < -0.39 is 0 Å². The standard InChI is InChI=1S/C24H24ClN5O2S/c1-15(23(31)27-13-18-5-4-12-32-18)33-24-29-28-22(30(24)17-10-8-16(25)9-11-17)20-14-26-21-7-3-2-6-19(20)21/h2-3,6-11,14-15,18,26H,4-5,12-13H2,1H3,(H,27,31)/t15-,18+/m0/s1. The molecule has 1 amide bonds. The molecular weight excluding hydrogens is 458 g/mol. The zero-order valence-electron chi connectivity index (χ0n) is 18.1. The summed E-state index contributed by atoms with van der Waals surface area (Å²) in [6.07, 6.45) is 4.08. The Bertz CT molecular complexity index is 1260. The molecule has 1 fully saturated rings. The number of amides is 1. The number of halogens is 1. The molecule has 7 nitrogen and oxygen atoms in total. The van der Waals surface area contributed by atoms with Crippen molar-refractivity contribution in [3.05, 3.63) is 59.8 Å². The number of hydrogen-bond donors (Lipinski definition) is 2. The summed E-state index contributed by atoms with van der Waals surface area (Å²) in [5.41, 5.74) is 2.84. The predicted octanol–water partition coefficient (Wildman–Crippen LogP) is 4.84. The first-order valence-corrected chi connectivity index (χ1v) is 12.2. The van der Waals surface area contributed by atoms with Crippen molar-refractivity contribution < 1.29 is 9.53 Å². The Labute approximate surface area is 200 Å². The fourth-order valence-electron chi connectivity index (χ4n) is 3.98. The third kappa shape index (κ3) is 4.64. The van der Waals surface area contributed by atoms with Crippen LogP contribution in [-0.2, 0) is 9.53 Å². The molecule has 3 heterocycles. The van der Waals surface area contributed by atoms with E-state index in [9.17, 15) is 4.79 Å². The van der Waals surface area contributed by atoms with Crippen LogP contribution in [0.5, 0.6) is 0 Å². The van der Waals surface area contributed by atoms with E-state index in [1.807, 2.05) is 60.2 Å². The van der Waals surface area contributed by atoms with Crippen molar-refractivity contribution >= 4 is 40.2 Å². The Morgan fingerprint density at radius 3 is 2.88 bits per heavy atom. The molecule has 1 saturated heterocycles. The Hall–Kier alpha value is -2.81. The molecule has 4 aromatic rings. The molecule has 170 valence electrons. The number of ether oxygens (including phenoxy) is 1. The highest BCUT2D eigenvalue weighted by Crippen LogP contribution is 2.34. The van der Waals surface area contributed by atoms with Crippen LogP contribution in [0, 0.1) is 0 Å². The molecule has 0 aliphatic carbocycles. The third-order valence-corrected chi connectivity index (χ3v) is 7.02. The highest BCUT2D eigenvalue weighted by Gasteiger charge is 2.24. The SMILES string of the molecule is C[C@H](Sc1nnc(-c2c[nH]c3ccccc23)n1-c1ccc(Cl)cc1)C(=O)NC[C@H]1CCCO1. The molecule has 0 unspecified atom stereocenters. The van der Waals surface area contributed by atoms with Gasteiger partial charge in [-0.25, -0.2) is 0 Å². The van der Waals surface area contributed by atoms with Crippen molar-refractivity contribution in [1.82, 2.24) is 25.1 Å². The van der Waals surface area contributed by atoms with Crippen LogP contribution in [0.25, 0.3) is 28.0 Å². The summed E-state index contributed by atoms with van der Waals surface area (Å²) < 4.78 is 7.58. The van der Waals surface area contributed by atoms with Gasteiger partial charge >= 0.3 is 0 Å². The van der Waals surface area contributed by atoms with Gasteiger partial charge in [-0.05, 0) is 50.1 Å². The molecule has 9 heteroatoms. The molecule has 0 radical (unpaired) electrons. The number of carbonyl (C=O) groups is 1. The van der Waals surface area contributed by atoms with E-state index in [0.717, 1.165) is 41.6 Å². The van der Waals surface area contributed by atoms with E-state index in [1.165, 1.54) is 11.8 Å². The monoisotopic (exact) mass is 481 g/mol. The first kappa shape index (κ1) is 22.0. The number of para-hydroxylation sites is 1. The number of nitrogens with zero attached hydrogens (tertiary/aromatic N) is 3. The maximum atomic E-state index is 12.7. The van der Waals surface area contributed by atoms with Crippen molar-refractivity contribution in [2.24, 2.45) is 0 Å². The largest absolute Gasteiger partial charge is 0.376 e. The van der Waals surface area contributed by atoms with Gasteiger partial charge in [-0.15, -0.1) is 10.2 Å². The number of aromatic amines is 1. The van der Waals surface area contributed by atoms with E-state index in [1.54, 1.807) is 0 Å². The number of benzene rings is 2. The summed E-state index contributed by atoms with van der Waals surface area (Å²) in [5.74, 6) is 0.652. The van der Waals surface area contributed by atoms with E-state index >= 15 is 0 Å². The maximum absolute atomic E-state index is 12.7. The van der Waals surface area contributed by atoms with E-state index in [2.05, 4.69) is 26.6 Å². The summed E-state index contributed by atoms with van der Waals surface area (Å²) in [4.78, 5) is 16.0. The lowest BCUT2D eigenvalue weighted by Crippen LogP contribution is -2.36. The molecule has 2 aromatic carbocycles. The zero-order chi connectivity index (χ0) is 22.8. The topological polar surface area (TPSA) is 84.8 Å². The maximum Gasteiger partial charge on any atom is 0.233 e. The number of thioether (sulfide) groups is 1. The molecule has 1 aliphatic heterocycles. The highest BCUT2D eigenvalue weighted by molar-refractivity contribution is 8.00. The van der Waals surface area contributed by atoms with Gasteiger partial charge in [0.1, 0.15) is 0 Å². The summed E-state index contributed by atoms with van der Waals surface area (Å²) in [5, 5.41) is 14.0. The van der Waals surface area contributed by atoms with Crippen LogP contribution in [0.2, 0.25) is 5.02 Å². The fourth-order valence-corrected chi connectivity index (χ4v) is 4.99. The molecule has 0 spiro atoms. The predicted molar refractivity (Wildman–Crippen MR) is 131 cm³/mol. The lowest BCUT2D eigenvalue weighted by atomic mass is 10.1. The smallest absolute Gasteiger partial charge is 0.233 e. The highest BCUT2D eigenvalue weighted by atomic mass is 35.5. The van der Waals surface area contributed by atoms with E-state index in [4.69, 9.17) is 16.3 Å². The minimum absolute atomic E-state index is 0.0465. The number of hydrogen-bond acceptors (Lipinski definition) is 5. The van der Waals surface area contributed by atoms with Gasteiger partial charge in [0.25, 0.3) is 0 Å². The molecule has 5 rings (SSSR count). The molecule has 1 aliphatic rings. The van der Waals surface area contributed by atoms with E-state index in [-0.39, 0.29) is 17.3 Å². The zero-order valence-corrected chi connectivity index (χ0v) is 19.7. The normalized spacial score (nSPS) is 16.8. The van der Waals surface area contributed by atoms with Gasteiger partial charge in [0.15, 0.2) is 11.0 Å². The van der Waals surface area contributed by atoms with Crippen LogP contribution < -0.4 is 5.32 Å². The second kappa shape index (κ2) is 9.59. The van der Waals surface area contributed by atoms with Gasteiger partial charge in [0.2, 0.25) is 5.91 Å². The van der Waals surface area contributed by atoms with Crippen molar-refractivity contribution in [1.29, 1.82) is 0 Å². The molecule has 33 heavy (non-hydrogen) atoms. The summed E-state index contributed by atoms with van der Waals surface area (Å²) >= 11 is 7.51. The van der Waals surface area contributed by atoms with Gasteiger partial charge in [-0.3, -0.25) is 9.36 Å². The fraction of sp³-hybridized carbons (Fsp3) is 0.292. The summed E-state index contributed by atoms with van der Waals surface area (Å²) in [7, 11) is 0. The van der Waals surface area contributed by atoms with Crippen LogP contribution in [0.15, 0.2) is 59.9 Å². The molecule has 0 bridgehead atoms. The van der Waals surface area contributed by atoms with Gasteiger partial charge in [-0.2, -0.15) is 0 Å². The number of fused-ring (bicyclic) bond motifs is 1. The van der Waals surface area contributed by atoms with Crippen LogP contribution in [-0.4, -0.2) is 50.2 Å². The first-order chi connectivity index (χ1) is 16.1. The Kier molecular flexibility index (Phi) is 6.39. The summed E-state index contributed by atoms with van der Waals surface area (Å²) in [6.45, 7) is 3.18. The van der Waals surface area contributed by atoms with Crippen molar-refractivity contribution in [2.75, 3.05) is 13.2 Å². The first-order valence-electron chi connectivity index (χ1n) is 10.9. The van der Waals surface area contributed by atoms with Crippen molar-refractivity contribution in [3.63, 3.8) is 0 Å². The van der Waals surface area contributed by atoms with E-state index in [0.29, 0.717) is 22.5 Å². The van der Waals surface area contributed by atoms with Gasteiger partial charge in [0.05, 0.1) is 11.4 Å². The Morgan fingerprint density at radius 2 is 2.09 bits per heavy atom. The quantitative estimate of drug-likeness (QED) is 0.369. The number of carbonyl (C=O) groups excluding carboxylic acids is 1. The molecular formula is C24H24ClN5O2S. The Morgan fingerprint density at radius 1 is 1.27 bits per heavy atom. The average Bonchev–Trinajstić information content (AvgIpc) is 3.58. The van der Waals surface area contributed by atoms with Crippen molar-refractivity contribution in [3.8, 4) is 17.1 Å². The van der Waals surface area contributed by atoms with Gasteiger partial charge < -0.3 is 15.0 Å². The lowest BCUT2D eigenvalue weighted by molar-refractivity contribution is -0.120. The minimum Gasteiger partial charge on any atom is -0.376 e.